The first kappa shape index (κ1) is 22.5. The van der Waals surface area contributed by atoms with E-state index in [0.717, 1.165) is 47.9 Å². The Morgan fingerprint density at radius 2 is 1.68 bits per heavy atom. The minimum absolute atomic E-state index is 0.00331. The number of amides is 1. The second-order valence-electron chi connectivity index (χ2n) is 9.17. The van der Waals surface area contributed by atoms with Crippen molar-refractivity contribution in [3.63, 3.8) is 0 Å². The highest BCUT2D eigenvalue weighted by atomic mass is 16.5. The van der Waals surface area contributed by atoms with Crippen molar-refractivity contribution in [1.29, 1.82) is 0 Å². The van der Waals surface area contributed by atoms with Gasteiger partial charge in [-0.1, -0.05) is 79.6 Å². The Labute approximate surface area is 200 Å². The summed E-state index contributed by atoms with van der Waals surface area (Å²) in [4.78, 5) is 15.6. The topological polar surface area (TPSA) is 59.0 Å². The molecule has 34 heavy (non-hydrogen) atoms. The highest BCUT2D eigenvalue weighted by Crippen LogP contribution is 2.37. The van der Waals surface area contributed by atoms with Gasteiger partial charge in [0.15, 0.2) is 17.6 Å². The Hall–Kier alpha value is -3.31. The summed E-state index contributed by atoms with van der Waals surface area (Å²) in [6.07, 6.45) is 4.53. The van der Waals surface area contributed by atoms with E-state index in [0.29, 0.717) is 31.9 Å². The summed E-state index contributed by atoms with van der Waals surface area (Å²) >= 11 is 0. The average molecular weight is 458 g/mol. The van der Waals surface area contributed by atoms with Crippen LogP contribution in [0, 0.1) is 0 Å². The van der Waals surface area contributed by atoms with Crippen molar-refractivity contribution in [3.05, 3.63) is 95.1 Å². The maximum Gasteiger partial charge on any atom is 0.256 e. The van der Waals surface area contributed by atoms with Gasteiger partial charge in [-0.2, -0.15) is 0 Å². The van der Waals surface area contributed by atoms with Crippen molar-refractivity contribution in [2.45, 2.75) is 57.5 Å². The molecule has 1 unspecified atom stereocenters. The van der Waals surface area contributed by atoms with Crippen LogP contribution in [-0.4, -0.2) is 28.6 Å². The number of carbonyl (C=O) groups excluding carboxylic acids is 1. The zero-order valence-corrected chi connectivity index (χ0v) is 19.4. The lowest BCUT2D eigenvalue weighted by Gasteiger charge is -2.33. The Morgan fingerprint density at radius 1 is 0.971 bits per heavy atom. The van der Waals surface area contributed by atoms with Crippen molar-refractivity contribution in [3.8, 4) is 11.5 Å². The Bertz CT molecular complexity index is 1110. The number of ether oxygens (including phenoxy) is 2. The van der Waals surface area contributed by atoms with Gasteiger partial charge in [0.1, 0.15) is 6.61 Å². The molecule has 1 N–H and O–H groups in total. The van der Waals surface area contributed by atoms with E-state index < -0.39 is 6.10 Å². The highest BCUT2D eigenvalue weighted by Gasteiger charge is 2.33. The summed E-state index contributed by atoms with van der Waals surface area (Å²) in [5, 5.41) is 10.5. The molecule has 3 aromatic carbocycles. The molecule has 5 rings (SSSR count). The van der Waals surface area contributed by atoms with Gasteiger partial charge in [-0.05, 0) is 42.0 Å². The summed E-state index contributed by atoms with van der Waals surface area (Å²) in [5.41, 5.74) is 3.94. The molecule has 1 saturated carbocycles. The molecule has 176 valence electrons. The Kier molecular flexibility index (Phi) is 6.82. The highest BCUT2D eigenvalue weighted by molar-refractivity contribution is 5.82. The molecule has 0 spiro atoms. The first-order valence-corrected chi connectivity index (χ1v) is 12.2. The molecular weight excluding hydrogens is 426 g/mol. The van der Waals surface area contributed by atoms with Gasteiger partial charge >= 0.3 is 0 Å². The van der Waals surface area contributed by atoms with Crippen LogP contribution in [0.1, 0.15) is 54.0 Å². The van der Waals surface area contributed by atoms with E-state index in [1.54, 1.807) is 6.07 Å². The minimum atomic E-state index is -0.586. The standard InChI is InChI=1S/C29H31NO4/c31-26-16-15-23-19-30(18-17-25(23)28(26)33-20-21-9-3-1-4-10-21)29(32)27(22-11-5-2-6-12-22)34-24-13-7-8-14-24/h1-6,9-12,15-16,24,27,31H,7-8,13-14,17-20H2. The molecule has 0 radical (unpaired) electrons. The monoisotopic (exact) mass is 457 g/mol. The molecule has 3 aromatic rings. The third kappa shape index (κ3) is 4.95. The maximum absolute atomic E-state index is 13.7. The van der Waals surface area contributed by atoms with E-state index >= 15 is 0 Å². The molecule has 5 heteroatoms. The molecule has 0 saturated heterocycles. The van der Waals surface area contributed by atoms with Crippen LogP contribution < -0.4 is 4.74 Å². The number of nitrogens with zero attached hydrogens (tertiary/aromatic N) is 1. The van der Waals surface area contributed by atoms with Crippen LogP contribution in [0.25, 0.3) is 0 Å². The normalized spacial score (nSPS) is 16.8. The number of rotatable bonds is 7. The summed E-state index contributed by atoms with van der Waals surface area (Å²) in [6, 6.07) is 23.3. The van der Waals surface area contributed by atoms with Crippen LogP contribution in [0.15, 0.2) is 72.8 Å². The van der Waals surface area contributed by atoms with Crippen LogP contribution in [0.3, 0.4) is 0 Å². The predicted molar refractivity (Wildman–Crippen MR) is 131 cm³/mol. The van der Waals surface area contributed by atoms with Gasteiger partial charge in [0.2, 0.25) is 0 Å². The molecule has 2 aliphatic rings. The molecule has 0 bridgehead atoms. The van der Waals surface area contributed by atoms with Crippen LogP contribution >= 0.6 is 0 Å². The van der Waals surface area contributed by atoms with E-state index in [-0.39, 0.29) is 17.8 Å². The second kappa shape index (κ2) is 10.3. The molecule has 1 heterocycles. The third-order valence-electron chi connectivity index (χ3n) is 6.82. The fraction of sp³-hybridized carbons (Fsp3) is 0.345. The van der Waals surface area contributed by atoms with E-state index in [1.807, 2.05) is 71.6 Å². The van der Waals surface area contributed by atoms with Gasteiger partial charge < -0.3 is 19.5 Å². The van der Waals surface area contributed by atoms with Crippen LogP contribution in [-0.2, 0) is 29.1 Å². The van der Waals surface area contributed by atoms with Gasteiger partial charge in [0, 0.05) is 18.7 Å². The Balaban J connectivity index is 1.34. The number of benzene rings is 3. The molecule has 0 aromatic heterocycles. The van der Waals surface area contributed by atoms with Gasteiger partial charge in [-0.3, -0.25) is 4.79 Å². The zero-order valence-electron chi connectivity index (χ0n) is 19.4. The number of phenols is 1. The van der Waals surface area contributed by atoms with Crippen molar-refractivity contribution < 1.29 is 19.4 Å². The summed E-state index contributed by atoms with van der Waals surface area (Å²) in [7, 11) is 0. The van der Waals surface area contributed by atoms with Gasteiger partial charge in [0.05, 0.1) is 6.10 Å². The number of fused-ring (bicyclic) bond motifs is 1. The molecule has 1 amide bonds. The number of hydrogen-bond acceptors (Lipinski definition) is 4. The van der Waals surface area contributed by atoms with Crippen LogP contribution in [0.4, 0.5) is 0 Å². The maximum atomic E-state index is 13.7. The largest absolute Gasteiger partial charge is 0.504 e. The lowest BCUT2D eigenvalue weighted by molar-refractivity contribution is -0.149. The van der Waals surface area contributed by atoms with Crippen LogP contribution in [0.5, 0.6) is 11.5 Å². The number of aromatic hydroxyl groups is 1. The lowest BCUT2D eigenvalue weighted by Crippen LogP contribution is -2.40. The first-order chi connectivity index (χ1) is 16.7. The third-order valence-corrected chi connectivity index (χ3v) is 6.82. The summed E-state index contributed by atoms with van der Waals surface area (Å²) < 4.78 is 12.4. The SMILES string of the molecule is O=C(C(OC1CCCC1)c1ccccc1)N1CCc2c(ccc(O)c2OCc2ccccc2)C1. The second-order valence-corrected chi connectivity index (χ2v) is 9.17. The van der Waals surface area contributed by atoms with Crippen LogP contribution in [0.2, 0.25) is 0 Å². The van der Waals surface area contributed by atoms with E-state index in [2.05, 4.69) is 0 Å². The molecular formula is C29H31NO4. The number of phenolic OH excluding ortho intramolecular Hbond substituents is 1. The minimum Gasteiger partial charge on any atom is -0.504 e. The quantitative estimate of drug-likeness (QED) is 0.505. The smallest absolute Gasteiger partial charge is 0.256 e. The van der Waals surface area contributed by atoms with Crippen molar-refractivity contribution in [2.24, 2.45) is 0 Å². The molecule has 5 nitrogen and oxygen atoms in total. The average Bonchev–Trinajstić information content (AvgIpc) is 3.40. The predicted octanol–water partition coefficient (Wildman–Crippen LogP) is 5.56. The molecule has 1 fully saturated rings. The summed E-state index contributed by atoms with van der Waals surface area (Å²) in [6.45, 7) is 1.43. The molecule has 1 aliphatic heterocycles. The van der Waals surface area contributed by atoms with Gasteiger partial charge in [-0.15, -0.1) is 0 Å². The van der Waals surface area contributed by atoms with Crippen molar-refractivity contribution in [2.75, 3.05) is 6.54 Å². The molecule has 1 aliphatic carbocycles. The Morgan fingerprint density at radius 3 is 2.41 bits per heavy atom. The van der Waals surface area contributed by atoms with E-state index in [9.17, 15) is 9.90 Å². The van der Waals surface area contributed by atoms with E-state index in [4.69, 9.17) is 9.47 Å². The van der Waals surface area contributed by atoms with Gasteiger partial charge in [0.25, 0.3) is 5.91 Å². The van der Waals surface area contributed by atoms with Crippen molar-refractivity contribution in [1.82, 2.24) is 4.90 Å². The number of carbonyl (C=O) groups is 1. The first-order valence-electron chi connectivity index (χ1n) is 12.2. The van der Waals surface area contributed by atoms with Crippen molar-refractivity contribution >= 4 is 5.91 Å². The fourth-order valence-electron chi connectivity index (χ4n) is 4.98. The fourth-order valence-corrected chi connectivity index (χ4v) is 4.98. The molecule has 1 atom stereocenters. The zero-order chi connectivity index (χ0) is 23.3. The summed E-state index contributed by atoms with van der Waals surface area (Å²) in [5.74, 6) is 0.667. The lowest BCUT2D eigenvalue weighted by atomic mass is 9.97. The number of hydrogen-bond donors (Lipinski definition) is 1. The van der Waals surface area contributed by atoms with E-state index in [1.165, 1.54) is 0 Å². The van der Waals surface area contributed by atoms with Gasteiger partial charge in [-0.25, -0.2) is 0 Å².